The van der Waals surface area contributed by atoms with Crippen LogP contribution in [0.3, 0.4) is 0 Å². The van der Waals surface area contributed by atoms with E-state index in [9.17, 15) is 4.39 Å². The monoisotopic (exact) mass is 279 g/mol. The second-order valence-corrected chi connectivity index (χ2v) is 5.56. The third-order valence-electron chi connectivity index (χ3n) is 2.95. The second-order valence-electron chi connectivity index (χ2n) is 4.49. The molecule has 0 spiro atoms. The van der Waals surface area contributed by atoms with Crippen LogP contribution in [0.25, 0.3) is 0 Å². The van der Waals surface area contributed by atoms with Crippen LogP contribution in [0.2, 0.25) is 0 Å². The smallest absolute Gasteiger partial charge is 0.136 e. The molecule has 0 amide bonds. The summed E-state index contributed by atoms with van der Waals surface area (Å²) < 4.78 is 15.4. The zero-order chi connectivity index (χ0) is 13.7. The van der Waals surface area contributed by atoms with Crippen LogP contribution in [-0.4, -0.2) is 21.3 Å². The van der Waals surface area contributed by atoms with Gasteiger partial charge in [0.25, 0.3) is 0 Å². The summed E-state index contributed by atoms with van der Waals surface area (Å²) in [5.74, 6) is 1.57. The van der Waals surface area contributed by atoms with Crippen molar-refractivity contribution in [3.63, 3.8) is 0 Å². The Kier molecular flexibility index (Phi) is 4.99. The second kappa shape index (κ2) is 6.73. The van der Waals surface area contributed by atoms with Crippen molar-refractivity contribution >= 4 is 11.8 Å². The van der Waals surface area contributed by atoms with E-state index >= 15 is 0 Å². The molecule has 2 rings (SSSR count). The SMILES string of the molecule is Cn1ccnc1CCC(N)CSc1ccccc1F. The predicted molar refractivity (Wildman–Crippen MR) is 76.6 cm³/mol. The highest BCUT2D eigenvalue weighted by atomic mass is 32.2. The van der Waals surface area contributed by atoms with E-state index in [-0.39, 0.29) is 11.9 Å². The van der Waals surface area contributed by atoms with Gasteiger partial charge in [-0.3, -0.25) is 0 Å². The molecular formula is C14H18FN3S. The fourth-order valence-corrected chi connectivity index (χ4v) is 2.73. The van der Waals surface area contributed by atoms with Gasteiger partial charge in [-0.15, -0.1) is 11.8 Å². The van der Waals surface area contributed by atoms with E-state index in [1.165, 1.54) is 17.8 Å². The molecule has 0 aliphatic carbocycles. The van der Waals surface area contributed by atoms with Gasteiger partial charge in [0.05, 0.1) is 0 Å². The van der Waals surface area contributed by atoms with Gasteiger partial charge in [-0.05, 0) is 18.6 Å². The van der Waals surface area contributed by atoms with Crippen molar-refractivity contribution in [2.24, 2.45) is 12.8 Å². The summed E-state index contributed by atoms with van der Waals surface area (Å²) >= 11 is 1.47. The first-order valence-corrected chi connectivity index (χ1v) is 7.24. The lowest BCUT2D eigenvalue weighted by molar-refractivity contribution is 0.600. The van der Waals surface area contributed by atoms with Crippen LogP contribution >= 0.6 is 11.8 Å². The lowest BCUT2D eigenvalue weighted by atomic mass is 10.2. The molecule has 1 aromatic carbocycles. The molecule has 1 atom stereocenters. The van der Waals surface area contributed by atoms with Gasteiger partial charge in [-0.25, -0.2) is 9.37 Å². The van der Waals surface area contributed by atoms with Crippen LogP contribution < -0.4 is 5.73 Å². The molecule has 1 unspecified atom stereocenters. The Morgan fingerprint density at radius 3 is 2.89 bits per heavy atom. The first-order chi connectivity index (χ1) is 9.16. The summed E-state index contributed by atoms with van der Waals surface area (Å²) in [6, 6.07) is 6.83. The number of halogens is 1. The quantitative estimate of drug-likeness (QED) is 0.827. The molecule has 0 radical (unpaired) electrons. The van der Waals surface area contributed by atoms with E-state index in [0.29, 0.717) is 10.6 Å². The molecule has 0 saturated carbocycles. The molecule has 0 saturated heterocycles. The fourth-order valence-electron chi connectivity index (χ4n) is 1.79. The Morgan fingerprint density at radius 2 is 2.21 bits per heavy atom. The number of hydrogen-bond donors (Lipinski definition) is 1. The third-order valence-corrected chi connectivity index (χ3v) is 4.19. The van der Waals surface area contributed by atoms with E-state index in [0.717, 1.165) is 18.7 Å². The molecule has 2 N–H and O–H groups in total. The van der Waals surface area contributed by atoms with E-state index < -0.39 is 0 Å². The predicted octanol–water partition coefficient (Wildman–Crippen LogP) is 2.61. The van der Waals surface area contributed by atoms with Gasteiger partial charge in [0.1, 0.15) is 11.6 Å². The number of aryl methyl sites for hydroxylation is 2. The normalized spacial score (nSPS) is 12.6. The van der Waals surface area contributed by atoms with E-state index in [1.807, 2.05) is 23.9 Å². The Labute approximate surface area is 117 Å². The minimum absolute atomic E-state index is 0.0429. The van der Waals surface area contributed by atoms with Gasteiger partial charge < -0.3 is 10.3 Å². The molecule has 102 valence electrons. The summed E-state index contributed by atoms with van der Waals surface area (Å²) in [5, 5.41) is 0. The number of benzene rings is 1. The molecule has 2 aromatic rings. The van der Waals surface area contributed by atoms with Crippen molar-refractivity contribution in [2.75, 3.05) is 5.75 Å². The van der Waals surface area contributed by atoms with Crippen molar-refractivity contribution < 1.29 is 4.39 Å². The van der Waals surface area contributed by atoms with E-state index in [2.05, 4.69) is 4.98 Å². The average molecular weight is 279 g/mol. The summed E-state index contributed by atoms with van der Waals surface area (Å²) in [6.45, 7) is 0. The Balaban J connectivity index is 1.77. The van der Waals surface area contributed by atoms with Crippen molar-refractivity contribution in [2.45, 2.75) is 23.8 Å². The number of hydrogen-bond acceptors (Lipinski definition) is 3. The first kappa shape index (κ1) is 14.1. The maximum atomic E-state index is 13.4. The number of imidazole rings is 1. The van der Waals surface area contributed by atoms with Crippen molar-refractivity contribution in [3.8, 4) is 0 Å². The number of thioether (sulfide) groups is 1. The van der Waals surface area contributed by atoms with Crippen LogP contribution in [0, 0.1) is 5.82 Å². The molecule has 3 nitrogen and oxygen atoms in total. The van der Waals surface area contributed by atoms with Gasteiger partial charge in [0.15, 0.2) is 0 Å². The van der Waals surface area contributed by atoms with Crippen LogP contribution in [0.15, 0.2) is 41.6 Å². The Morgan fingerprint density at radius 1 is 1.42 bits per heavy atom. The molecule has 1 aromatic heterocycles. The molecule has 5 heteroatoms. The molecular weight excluding hydrogens is 261 g/mol. The lowest BCUT2D eigenvalue weighted by Crippen LogP contribution is -2.24. The Bertz CT molecular complexity index is 527. The lowest BCUT2D eigenvalue weighted by Gasteiger charge is -2.11. The number of rotatable bonds is 6. The number of nitrogens with zero attached hydrogens (tertiary/aromatic N) is 2. The topological polar surface area (TPSA) is 43.8 Å². The summed E-state index contributed by atoms with van der Waals surface area (Å²) in [6.07, 6.45) is 5.42. The zero-order valence-corrected chi connectivity index (χ0v) is 11.7. The minimum atomic E-state index is -0.177. The van der Waals surface area contributed by atoms with Gasteiger partial charge in [0.2, 0.25) is 0 Å². The summed E-state index contributed by atoms with van der Waals surface area (Å²) in [4.78, 5) is 4.92. The molecule has 0 aliphatic rings. The molecule has 1 heterocycles. The van der Waals surface area contributed by atoms with Gasteiger partial charge in [-0.1, -0.05) is 12.1 Å². The Hall–Kier alpha value is -1.33. The van der Waals surface area contributed by atoms with Gasteiger partial charge in [-0.2, -0.15) is 0 Å². The van der Waals surface area contributed by atoms with Gasteiger partial charge in [0, 0.05) is 42.6 Å². The highest BCUT2D eigenvalue weighted by molar-refractivity contribution is 7.99. The fraction of sp³-hybridized carbons (Fsp3) is 0.357. The molecule has 19 heavy (non-hydrogen) atoms. The largest absolute Gasteiger partial charge is 0.338 e. The van der Waals surface area contributed by atoms with E-state index in [4.69, 9.17) is 5.73 Å². The number of aromatic nitrogens is 2. The minimum Gasteiger partial charge on any atom is -0.338 e. The maximum absolute atomic E-state index is 13.4. The number of nitrogens with two attached hydrogens (primary N) is 1. The third kappa shape index (κ3) is 4.08. The van der Waals surface area contributed by atoms with Crippen molar-refractivity contribution in [1.82, 2.24) is 9.55 Å². The van der Waals surface area contributed by atoms with Crippen LogP contribution in [0.1, 0.15) is 12.2 Å². The molecule has 0 bridgehead atoms. The average Bonchev–Trinajstić information content (AvgIpc) is 2.81. The maximum Gasteiger partial charge on any atom is 0.136 e. The highest BCUT2D eigenvalue weighted by Gasteiger charge is 2.08. The first-order valence-electron chi connectivity index (χ1n) is 6.26. The van der Waals surface area contributed by atoms with Gasteiger partial charge >= 0.3 is 0 Å². The highest BCUT2D eigenvalue weighted by Crippen LogP contribution is 2.22. The van der Waals surface area contributed by atoms with E-state index in [1.54, 1.807) is 18.3 Å². The summed E-state index contributed by atoms with van der Waals surface area (Å²) in [7, 11) is 1.97. The van der Waals surface area contributed by atoms with Crippen LogP contribution in [0.5, 0.6) is 0 Å². The standard InChI is InChI=1S/C14H18FN3S/c1-18-9-8-17-14(18)7-6-11(16)10-19-13-5-3-2-4-12(13)15/h2-5,8-9,11H,6-7,10,16H2,1H3. The van der Waals surface area contributed by atoms with Crippen molar-refractivity contribution in [3.05, 3.63) is 48.3 Å². The van der Waals surface area contributed by atoms with Crippen LogP contribution in [0.4, 0.5) is 4.39 Å². The molecule has 0 fully saturated rings. The summed E-state index contributed by atoms with van der Waals surface area (Å²) in [5.41, 5.74) is 6.06. The van der Waals surface area contributed by atoms with Crippen LogP contribution in [-0.2, 0) is 13.5 Å². The molecule has 0 aliphatic heterocycles. The van der Waals surface area contributed by atoms with Crippen molar-refractivity contribution in [1.29, 1.82) is 0 Å². The zero-order valence-electron chi connectivity index (χ0n) is 10.9.